The zero-order chi connectivity index (χ0) is 10.5. The minimum atomic E-state index is 0. The highest BCUT2D eigenvalue weighted by molar-refractivity contribution is 5.97. The zero-order valence-electron chi connectivity index (χ0n) is 8.97. The van der Waals surface area contributed by atoms with Crippen LogP contribution in [0, 0.1) is 0 Å². The Bertz CT molecular complexity index is 409. The maximum absolute atomic E-state index is 11.5. The molecule has 0 saturated heterocycles. The predicted octanol–water partition coefficient (Wildman–Crippen LogP) is -1.18. The van der Waals surface area contributed by atoms with Crippen LogP contribution in [-0.4, -0.2) is 5.78 Å². The van der Waals surface area contributed by atoms with E-state index in [0.29, 0.717) is 6.42 Å². The van der Waals surface area contributed by atoms with E-state index >= 15 is 0 Å². The maximum atomic E-state index is 11.5. The van der Waals surface area contributed by atoms with Crippen molar-refractivity contribution in [2.24, 2.45) is 0 Å². The SMILES string of the molecule is O=C1CC=CC=C1CC[n+]1ccccc1.[Cl-]. The lowest BCUT2D eigenvalue weighted by atomic mass is 10.0. The predicted molar refractivity (Wildman–Crippen MR) is 58.1 cm³/mol. The number of carbonyl (C=O) groups excluding carboxylic acids is 1. The summed E-state index contributed by atoms with van der Waals surface area (Å²) >= 11 is 0. The second-order valence-corrected chi connectivity index (χ2v) is 3.61. The fourth-order valence-electron chi connectivity index (χ4n) is 1.64. The number of aromatic nitrogens is 1. The third kappa shape index (κ3) is 3.31. The molecule has 0 saturated carbocycles. The summed E-state index contributed by atoms with van der Waals surface area (Å²) in [5, 5.41) is 0. The minimum Gasteiger partial charge on any atom is -1.00 e. The van der Waals surface area contributed by atoms with Crippen LogP contribution in [-0.2, 0) is 11.3 Å². The first-order valence-corrected chi connectivity index (χ1v) is 5.19. The lowest BCUT2D eigenvalue weighted by Crippen LogP contribution is -3.00. The van der Waals surface area contributed by atoms with Crippen molar-refractivity contribution < 1.29 is 21.8 Å². The number of hydrogen-bond donors (Lipinski definition) is 0. The largest absolute Gasteiger partial charge is 1.00 e. The van der Waals surface area contributed by atoms with Gasteiger partial charge in [0, 0.05) is 30.5 Å². The van der Waals surface area contributed by atoms with Crippen molar-refractivity contribution in [1.29, 1.82) is 0 Å². The van der Waals surface area contributed by atoms with Crippen LogP contribution in [0.3, 0.4) is 0 Å². The monoisotopic (exact) mass is 235 g/mol. The maximum Gasteiger partial charge on any atom is 0.168 e. The Morgan fingerprint density at radius 1 is 1.19 bits per heavy atom. The van der Waals surface area contributed by atoms with Gasteiger partial charge in [-0.05, 0) is 0 Å². The summed E-state index contributed by atoms with van der Waals surface area (Å²) in [6.45, 7) is 0.867. The number of allylic oxidation sites excluding steroid dienone is 4. The zero-order valence-corrected chi connectivity index (χ0v) is 9.73. The van der Waals surface area contributed by atoms with E-state index in [9.17, 15) is 4.79 Å². The Morgan fingerprint density at radius 3 is 2.62 bits per heavy atom. The molecule has 0 atom stereocenters. The van der Waals surface area contributed by atoms with E-state index in [1.54, 1.807) is 0 Å². The van der Waals surface area contributed by atoms with Crippen LogP contribution >= 0.6 is 0 Å². The average molecular weight is 236 g/mol. The molecule has 0 aliphatic heterocycles. The summed E-state index contributed by atoms with van der Waals surface area (Å²) in [7, 11) is 0. The average Bonchev–Trinajstić information content (AvgIpc) is 2.29. The van der Waals surface area contributed by atoms with Gasteiger partial charge in [0.1, 0.15) is 0 Å². The summed E-state index contributed by atoms with van der Waals surface area (Å²) in [5.41, 5.74) is 0.939. The number of hydrogen-bond acceptors (Lipinski definition) is 1. The lowest BCUT2D eigenvalue weighted by molar-refractivity contribution is -0.696. The van der Waals surface area contributed by atoms with Gasteiger partial charge in [-0.2, -0.15) is 0 Å². The van der Waals surface area contributed by atoms with Crippen LogP contribution in [0.2, 0.25) is 0 Å². The smallest absolute Gasteiger partial charge is 0.168 e. The van der Waals surface area contributed by atoms with Crippen molar-refractivity contribution in [3.63, 3.8) is 0 Å². The van der Waals surface area contributed by atoms with Crippen LogP contribution in [0.5, 0.6) is 0 Å². The van der Waals surface area contributed by atoms with Crippen LogP contribution in [0.4, 0.5) is 0 Å². The molecule has 1 aromatic rings. The first kappa shape index (κ1) is 12.7. The molecule has 1 aliphatic carbocycles. The van der Waals surface area contributed by atoms with Gasteiger partial charge in [0.25, 0.3) is 0 Å². The fourth-order valence-corrected chi connectivity index (χ4v) is 1.64. The Kier molecular flexibility index (Phi) is 4.93. The van der Waals surface area contributed by atoms with Gasteiger partial charge in [0.05, 0.1) is 0 Å². The van der Waals surface area contributed by atoms with Crippen LogP contribution in [0.1, 0.15) is 12.8 Å². The number of pyridine rings is 1. The second kappa shape index (κ2) is 6.23. The molecule has 0 amide bonds. The number of nitrogens with zero attached hydrogens (tertiary/aromatic N) is 1. The molecule has 0 fully saturated rings. The summed E-state index contributed by atoms with van der Waals surface area (Å²) < 4.78 is 2.09. The van der Waals surface area contributed by atoms with Crippen molar-refractivity contribution in [3.8, 4) is 0 Å². The topological polar surface area (TPSA) is 20.9 Å². The van der Waals surface area contributed by atoms with Crippen LogP contribution in [0.25, 0.3) is 0 Å². The standard InChI is InChI=1S/C13H14NO.ClH/c15-13-7-3-2-6-12(13)8-11-14-9-4-1-5-10-14;/h1-6,9-10H,7-8,11H2;1H/q+1;/p-1. The fraction of sp³-hybridized carbons (Fsp3) is 0.231. The summed E-state index contributed by atoms with van der Waals surface area (Å²) in [4.78, 5) is 11.5. The number of carbonyl (C=O) groups is 1. The highest BCUT2D eigenvalue weighted by Gasteiger charge is 2.11. The van der Waals surface area contributed by atoms with Gasteiger partial charge in [0.2, 0.25) is 0 Å². The summed E-state index contributed by atoms with van der Waals surface area (Å²) in [5.74, 6) is 0.258. The first-order valence-electron chi connectivity index (χ1n) is 5.19. The van der Waals surface area contributed by atoms with Gasteiger partial charge in [0.15, 0.2) is 24.7 Å². The molecule has 2 nitrogen and oxygen atoms in total. The molecule has 1 heterocycles. The highest BCUT2D eigenvalue weighted by Crippen LogP contribution is 2.11. The van der Waals surface area contributed by atoms with Gasteiger partial charge in [-0.1, -0.05) is 24.3 Å². The van der Waals surface area contributed by atoms with E-state index < -0.39 is 0 Å². The summed E-state index contributed by atoms with van der Waals surface area (Å²) in [6, 6.07) is 5.98. The number of ketones is 1. The van der Waals surface area contributed by atoms with Crippen molar-refractivity contribution in [1.82, 2.24) is 0 Å². The molecular formula is C13H14ClNO. The number of Topliss-reactive ketones (excluding diaryl/α,β-unsaturated/α-hetero) is 1. The molecule has 84 valence electrons. The van der Waals surface area contributed by atoms with Crippen LogP contribution < -0.4 is 17.0 Å². The van der Waals surface area contributed by atoms with E-state index in [1.165, 1.54) is 0 Å². The molecule has 1 aliphatic rings. The molecular weight excluding hydrogens is 222 g/mol. The Morgan fingerprint density at radius 2 is 1.94 bits per heavy atom. The lowest BCUT2D eigenvalue weighted by Gasteiger charge is -2.05. The molecule has 0 aromatic carbocycles. The molecule has 2 rings (SSSR count). The quantitative estimate of drug-likeness (QED) is 0.605. The Hall–Kier alpha value is -1.41. The highest BCUT2D eigenvalue weighted by atomic mass is 35.5. The van der Waals surface area contributed by atoms with Crippen LogP contribution in [0.15, 0.2) is 54.4 Å². The van der Waals surface area contributed by atoms with E-state index in [4.69, 9.17) is 0 Å². The molecule has 0 N–H and O–H groups in total. The molecule has 1 aromatic heterocycles. The molecule has 0 radical (unpaired) electrons. The number of aryl methyl sites for hydroxylation is 1. The Labute approximate surface area is 102 Å². The van der Waals surface area contributed by atoms with Gasteiger partial charge in [-0.25, -0.2) is 4.57 Å². The van der Waals surface area contributed by atoms with Crippen molar-refractivity contribution in [2.75, 3.05) is 0 Å². The number of halogens is 1. The minimum absolute atomic E-state index is 0. The van der Waals surface area contributed by atoms with E-state index in [1.807, 2.05) is 48.8 Å². The number of rotatable bonds is 3. The molecule has 16 heavy (non-hydrogen) atoms. The molecule has 0 spiro atoms. The van der Waals surface area contributed by atoms with Gasteiger partial charge in [-0.15, -0.1) is 0 Å². The van der Waals surface area contributed by atoms with Gasteiger partial charge >= 0.3 is 0 Å². The molecule has 0 unspecified atom stereocenters. The third-order valence-electron chi connectivity index (χ3n) is 2.51. The molecule has 0 bridgehead atoms. The third-order valence-corrected chi connectivity index (χ3v) is 2.51. The van der Waals surface area contributed by atoms with Crippen molar-refractivity contribution in [2.45, 2.75) is 19.4 Å². The summed E-state index contributed by atoms with van der Waals surface area (Å²) in [6.07, 6.45) is 11.2. The van der Waals surface area contributed by atoms with E-state index in [-0.39, 0.29) is 18.2 Å². The Balaban J connectivity index is 0.00000128. The first-order chi connectivity index (χ1) is 7.36. The van der Waals surface area contributed by atoms with Crippen molar-refractivity contribution >= 4 is 5.78 Å². The van der Waals surface area contributed by atoms with E-state index in [2.05, 4.69) is 4.57 Å². The van der Waals surface area contributed by atoms with Gasteiger partial charge in [-0.3, -0.25) is 4.79 Å². The second-order valence-electron chi connectivity index (χ2n) is 3.61. The van der Waals surface area contributed by atoms with Crippen molar-refractivity contribution in [3.05, 3.63) is 54.4 Å². The normalized spacial score (nSPS) is 14.2. The van der Waals surface area contributed by atoms with Gasteiger partial charge < -0.3 is 12.4 Å². The van der Waals surface area contributed by atoms with E-state index in [0.717, 1.165) is 18.5 Å². The molecule has 3 heteroatoms.